The van der Waals surface area contributed by atoms with E-state index in [1.807, 2.05) is 0 Å². The quantitative estimate of drug-likeness (QED) is 0.821. The van der Waals surface area contributed by atoms with Crippen molar-refractivity contribution in [1.29, 1.82) is 0 Å². The second kappa shape index (κ2) is 3.42. The third-order valence-electron chi connectivity index (χ3n) is 1.52. The summed E-state index contributed by atoms with van der Waals surface area (Å²) in [6, 6.07) is 2.18. The standard InChI is InChI=1S/C8H6BrClF2O/c1-8(11,12)4-2-5(9)7(13)6(10)3-4/h2-3,13H,1H3. The lowest BCUT2D eigenvalue weighted by atomic mass is 10.1. The van der Waals surface area contributed by atoms with E-state index in [1.54, 1.807) is 0 Å². The molecule has 0 saturated heterocycles. The van der Waals surface area contributed by atoms with Crippen LogP contribution in [0.2, 0.25) is 5.02 Å². The SMILES string of the molecule is CC(F)(F)c1cc(Cl)c(O)c(Br)c1. The van der Waals surface area contributed by atoms with Crippen LogP contribution in [0, 0.1) is 0 Å². The third-order valence-corrected chi connectivity index (χ3v) is 2.42. The summed E-state index contributed by atoms with van der Waals surface area (Å²) in [6.45, 7) is 0.766. The molecule has 0 radical (unpaired) electrons. The van der Waals surface area contributed by atoms with Gasteiger partial charge in [0.2, 0.25) is 0 Å². The predicted molar refractivity (Wildman–Crippen MR) is 50.4 cm³/mol. The molecule has 0 aliphatic carbocycles. The fourth-order valence-electron chi connectivity index (χ4n) is 0.819. The Morgan fingerprint density at radius 3 is 2.38 bits per heavy atom. The van der Waals surface area contributed by atoms with Gasteiger partial charge in [0.25, 0.3) is 5.92 Å². The van der Waals surface area contributed by atoms with Crippen LogP contribution in [0.15, 0.2) is 16.6 Å². The maximum absolute atomic E-state index is 12.8. The highest BCUT2D eigenvalue weighted by Crippen LogP contribution is 2.38. The van der Waals surface area contributed by atoms with E-state index < -0.39 is 5.92 Å². The van der Waals surface area contributed by atoms with Crippen molar-refractivity contribution in [2.45, 2.75) is 12.8 Å². The lowest BCUT2D eigenvalue weighted by Crippen LogP contribution is -2.06. The van der Waals surface area contributed by atoms with Crippen LogP contribution in [0.1, 0.15) is 12.5 Å². The molecule has 0 aromatic heterocycles. The van der Waals surface area contributed by atoms with Gasteiger partial charge in [-0.2, -0.15) is 0 Å². The predicted octanol–water partition coefficient (Wildman–Crippen LogP) is 3.92. The summed E-state index contributed by atoms with van der Waals surface area (Å²) in [4.78, 5) is 0. The Kier molecular flexibility index (Phi) is 2.82. The van der Waals surface area contributed by atoms with Gasteiger partial charge in [0.05, 0.1) is 9.50 Å². The molecule has 1 nitrogen and oxygen atoms in total. The molecule has 0 bridgehead atoms. The number of aromatic hydroxyl groups is 1. The smallest absolute Gasteiger partial charge is 0.270 e. The molecular weight excluding hydrogens is 265 g/mol. The topological polar surface area (TPSA) is 20.2 Å². The van der Waals surface area contributed by atoms with E-state index in [2.05, 4.69) is 15.9 Å². The van der Waals surface area contributed by atoms with Gasteiger partial charge in [0.15, 0.2) is 0 Å². The molecule has 0 unspecified atom stereocenters. The Morgan fingerprint density at radius 1 is 1.46 bits per heavy atom. The van der Waals surface area contributed by atoms with E-state index in [-0.39, 0.29) is 20.8 Å². The summed E-state index contributed by atoms with van der Waals surface area (Å²) >= 11 is 8.43. The van der Waals surface area contributed by atoms with Gasteiger partial charge in [-0.05, 0) is 28.1 Å². The van der Waals surface area contributed by atoms with E-state index >= 15 is 0 Å². The summed E-state index contributed by atoms with van der Waals surface area (Å²) in [6.07, 6.45) is 0. The summed E-state index contributed by atoms with van der Waals surface area (Å²) < 4.78 is 25.7. The molecule has 0 fully saturated rings. The van der Waals surface area contributed by atoms with Gasteiger partial charge in [-0.1, -0.05) is 11.6 Å². The van der Waals surface area contributed by atoms with Crippen LogP contribution in [-0.2, 0) is 5.92 Å². The van der Waals surface area contributed by atoms with Crippen LogP contribution in [-0.4, -0.2) is 5.11 Å². The van der Waals surface area contributed by atoms with Crippen LogP contribution in [0.4, 0.5) is 8.78 Å². The number of phenols is 1. The number of rotatable bonds is 1. The second-order valence-corrected chi connectivity index (χ2v) is 3.94. The van der Waals surface area contributed by atoms with Crippen molar-refractivity contribution in [3.8, 4) is 5.75 Å². The van der Waals surface area contributed by atoms with Crippen LogP contribution >= 0.6 is 27.5 Å². The Labute approximate surface area is 87.5 Å². The van der Waals surface area contributed by atoms with E-state index in [0.29, 0.717) is 0 Å². The molecule has 1 N–H and O–H groups in total. The summed E-state index contributed by atoms with van der Waals surface area (Å²) in [5.74, 6) is -3.19. The van der Waals surface area contributed by atoms with Gasteiger partial charge in [-0.15, -0.1) is 0 Å². The first-order valence-electron chi connectivity index (χ1n) is 3.38. The first kappa shape index (κ1) is 10.7. The van der Waals surface area contributed by atoms with Gasteiger partial charge in [0.1, 0.15) is 5.75 Å². The zero-order chi connectivity index (χ0) is 10.2. The van der Waals surface area contributed by atoms with Crippen molar-refractivity contribution in [2.75, 3.05) is 0 Å². The lowest BCUT2D eigenvalue weighted by molar-refractivity contribution is 0.0174. The number of hydrogen-bond acceptors (Lipinski definition) is 1. The first-order valence-corrected chi connectivity index (χ1v) is 4.56. The highest BCUT2D eigenvalue weighted by molar-refractivity contribution is 9.10. The zero-order valence-corrected chi connectivity index (χ0v) is 8.96. The monoisotopic (exact) mass is 270 g/mol. The number of benzene rings is 1. The Hall–Kier alpha value is -0.350. The molecule has 0 saturated carbocycles. The molecule has 0 aliphatic rings. The maximum Gasteiger partial charge on any atom is 0.270 e. The van der Waals surface area contributed by atoms with Crippen molar-refractivity contribution in [3.05, 3.63) is 27.2 Å². The molecule has 1 aromatic carbocycles. The lowest BCUT2D eigenvalue weighted by Gasteiger charge is -2.12. The van der Waals surface area contributed by atoms with Crippen LogP contribution in [0.25, 0.3) is 0 Å². The molecule has 1 aromatic rings. The van der Waals surface area contributed by atoms with Crippen LogP contribution in [0.3, 0.4) is 0 Å². The van der Waals surface area contributed by atoms with Crippen molar-refractivity contribution in [1.82, 2.24) is 0 Å². The minimum Gasteiger partial charge on any atom is -0.505 e. The van der Waals surface area contributed by atoms with Crippen LogP contribution < -0.4 is 0 Å². The molecular formula is C8H6BrClF2O. The Bertz CT molecular complexity index is 312. The van der Waals surface area contributed by atoms with Gasteiger partial charge in [-0.25, -0.2) is 8.78 Å². The number of hydrogen-bond donors (Lipinski definition) is 1. The normalized spacial score (nSPS) is 11.8. The fraction of sp³-hybridized carbons (Fsp3) is 0.250. The molecule has 0 amide bonds. The molecule has 13 heavy (non-hydrogen) atoms. The van der Waals surface area contributed by atoms with Crippen LogP contribution in [0.5, 0.6) is 5.75 Å². The van der Waals surface area contributed by atoms with E-state index in [9.17, 15) is 13.9 Å². The van der Waals surface area contributed by atoms with Gasteiger partial charge < -0.3 is 5.11 Å². The van der Waals surface area contributed by atoms with E-state index in [4.69, 9.17) is 11.6 Å². The highest BCUT2D eigenvalue weighted by Gasteiger charge is 2.26. The Morgan fingerprint density at radius 2 is 2.00 bits per heavy atom. The third kappa shape index (κ3) is 2.31. The van der Waals surface area contributed by atoms with Crippen molar-refractivity contribution >= 4 is 27.5 Å². The molecule has 1 rings (SSSR count). The van der Waals surface area contributed by atoms with Gasteiger partial charge in [-0.3, -0.25) is 0 Å². The average Bonchev–Trinajstić information content (AvgIpc) is 1.97. The molecule has 0 atom stereocenters. The molecule has 0 heterocycles. The molecule has 5 heteroatoms. The first-order chi connectivity index (χ1) is 5.82. The molecule has 0 aliphatic heterocycles. The minimum absolute atomic E-state index is 0.0918. The number of halogens is 4. The maximum atomic E-state index is 12.8. The van der Waals surface area contributed by atoms with Crippen molar-refractivity contribution in [2.24, 2.45) is 0 Å². The number of alkyl halides is 2. The minimum atomic E-state index is -2.96. The zero-order valence-electron chi connectivity index (χ0n) is 6.61. The van der Waals surface area contributed by atoms with Crippen molar-refractivity contribution < 1.29 is 13.9 Å². The molecule has 0 spiro atoms. The second-order valence-electron chi connectivity index (χ2n) is 2.68. The largest absolute Gasteiger partial charge is 0.505 e. The summed E-state index contributed by atoms with van der Waals surface area (Å²) in [7, 11) is 0. The number of phenolic OH excluding ortho intramolecular Hbond substituents is 1. The average molecular weight is 271 g/mol. The molecule has 72 valence electrons. The van der Waals surface area contributed by atoms with Gasteiger partial charge >= 0.3 is 0 Å². The van der Waals surface area contributed by atoms with Crippen molar-refractivity contribution in [3.63, 3.8) is 0 Å². The van der Waals surface area contributed by atoms with Gasteiger partial charge in [0, 0.05) is 12.5 Å². The van der Waals surface area contributed by atoms with E-state index in [0.717, 1.165) is 19.1 Å². The fourth-order valence-corrected chi connectivity index (χ4v) is 1.61. The summed E-state index contributed by atoms with van der Waals surface area (Å²) in [5.41, 5.74) is -0.234. The highest BCUT2D eigenvalue weighted by atomic mass is 79.9. The van der Waals surface area contributed by atoms with E-state index in [1.165, 1.54) is 0 Å². The summed E-state index contributed by atoms with van der Waals surface area (Å²) in [5, 5.41) is 9.08. The Balaban J connectivity index is 3.29.